The van der Waals surface area contributed by atoms with E-state index in [2.05, 4.69) is 5.32 Å². The molecule has 1 amide bonds. The Hall–Kier alpha value is -1.00. The van der Waals surface area contributed by atoms with Crippen LogP contribution in [0.1, 0.15) is 20.3 Å². The maximum absolute atomic E-state index is 11.9. The van der Waals surface area contributed by atoms with E-state index < -0.39 is 17.7 Å². The van der Waals surface area contributed by atoms with Crippen LogP contribution in [0.3, 0.4) is 0 Å². The molecule has 1 aliphatic rings. The second-order valence-electron chi connectivity index (χ2n) is 2.16. The maximum atomic E-state index is 11.9. The lowest BCUT2D eigenvalue weighted by atomic mass is 10.1. The van der Waals surface area contributed by atoms with Crippen LogP contribution >= 0.6 is 0 Å². The zero-order chi connectivity index (χ0) is 10.5. The van der Waals surface area contributed by atoms with E-state index >= 15 is 0 Å². The van der Waals surface area contributed by atoms with Gasteiger partial charge in [0.05, 0.1) is 0 Å². The summed E-state index contributed by atoms with van der Waals surface area (Å²) in [6.07, 6.45) is -3.34. The normalized spacial score (nSPS) is 16.7. The zero-order valence-corrected chi connectivity index (χ0v) is 7.53. The molecule has 0 bridgehead atoms. The highest BCUT2D eigenvalue weighted by Gasteiger charge is 2.39. The fourth-order valence-electron chi connectivity index (χ4n) is 0.835. The Labute approximate surface area is 74.8 Å². The number of halogens is 3. The molecule has 0 saturated carbocycles. The first kappa shape index (κ1) is 12.0. The molecule has 1 N–H and O–H groups in total. The first-order valence-corrected chi connectivity index (χ1v) is 4.07. The first-order valence-electron chi connectivity index (χ1n) is 4.07. The van der Waals surface area contributed by atoms with Crippen molar-refractivity contribution in [1.29, 1.82) is 0 Å². The van der Waals surface area contributed by atoms with Gasteiger partial charge in [0.2, 0.25) is 0 Å². The summed E-state index contributed by atoms with van der Waals surface area (Å²) < 4.78 is 35.6. The molecule has 1 rings (SSSR count). The van der Waals surface area contributed by atoms with Crippen LogP contribution in [0.25, 0.3) is 0 Å². The Bertz CT molecular complexity index is 208. The molecule has 0 aromatic heterocycles. The summed E-state index contributed by atoms with van der Waals surface area (Å²) in [5.74, 6) is -1.02. The number of rotatable bonds is 0. The van der Waals surface area contributed by atoms with Gasteiger partial charge in [-0.1, -0.05) is 19.9 Å². The van der Waals surface area contributed by atoms with Gasteiger partial charge in [0.1, 0.15) is 5.57 Å². The molecule has 0 radical (unpaired) electrons. The van der Waals surface area contributed by atoms with Gasteiger partial charge in [-0.05, 0) is 6.42 Å². The van der Waals surface area contributed by atoms with Crippen LogP contribution in [-0.4, -0.2) is 18.6 Å². The third-order valence-corrected chi connectivity index (χ3v) is 1.33. The Kier molecular flexibility index (Phi) is 4.51. The third kappa shape index (κ3) is 3.48. The number of nitrogens with one attached hydrogen (secondary N) is 1. The molecular weight excluding hydrogens is 183 g/mol. The second kappa shape index (κ2) is 4.89. The van der Waals surface area contributed by atoms with E-state index in [1.165, 1.54) is 0 Å². The van der Waals surface area contributed by atoms with Crippen LogP contribution in [0, 0.1) is 0 Å². The maximum Gasteiger partial charge on any atom is 0.421 e. The number of hydrogen-bond donors (Lipinski definition) is 1. The van der Waals surface area contributed by atoms with Crippen molar-refractivity contribution in [1.82, 2.24) is 5.32 Å². The topological polar surface area (TPSA) is 29.1 Å². The van der Waals surface area contributed by atoms with Gasteiger partial charge in [0.15, 0.2) is 0 Å². The molecule has 0 fully saturated rings. The molecule has 0 aliphatic carbocycles. The van der Waals surface area contributed by atoms with E-state index in [9.17, 15) is 18.0 Å². The molecule has 0 saturated heterocycles. The fraction of sp³-hybridized carbons (Fsp3) is 0.625. The minimum Gasteiger partial charge on any atom is -0.352 e. The highest BCUT2D eigenvalue weighted by atomic mass is 19.4. The summed E-state index contributed by atoms with van der Waals surface area (Å²) in [5.41, 5.74) is -1.08. The molecule has 76 valence electrons. The lowest BCUT2D eigenvalue weighted by Gasteiger charge is -2.15. The third-order valence-electron chi connectivity index (χ3n) is 1.33. The van der Waals surface area contributed by atoms with Crippen LogP contribution in [0.2, 0.25) is 0 Å². The highest BCUT2D eigenvalue weighted by molar-refractivity contribution is 5.95. The van der Waals surface area contributed by atoms with Gasteiger partial charge in [-0.15, -0.1) is 0 Å². The summed E-state index contributed by atoms with van der Waals surface area (Å²) in [5, 5.41) is 2.11. The summed E-state index contributed by atoms with van der Waals surface area (Å²) in [7, 11) is 0. The highest BCUT2D eigenvalue weighted by Crippen LogP contribution is 2.26. The Balaban J connectivity index is 0.000000671. The van der Waals surface area contributed by atoms with Crippen molar-refractivity contribution in [3.05, 3.63) is 11.6 Å². The molecule has 0 atom stereocenters. The number of amides is 1. The van der Waals surface area contributed by atoms with Crippen molar-refractivity contribution in [3.63, 3.8) is 0 Å². The van der Waals surface area contributed by atoms with Crippen molar-refractivity contribution < 1.29 is 18.0 Å². The molecule has 0 aromatic rings. The molecule has 0 spiro atoms. The minimum atomic E-state index is -4.51. The molecule has 2 nitrogen and oxygen atoms in total. The van der Waals surface area contributed by atoms with E-state index in [0.29, 0.717) is 6.54 Å². The molecule has 0 aromatic carbocycles. The van der Waals surface area contributed by atoms with Crippen LogP contribution < -0.4 is 5.32 Å². The van der Waals surface area contributed by atoms with E-state index in [1.54, 1.807) is 0 Å². The smallest absolute Gasteiger partial charge is 0.352 e. The number of hydrogen-bond acceptors (Lipinski definition) is 1. The van der Waals surface area contributed by atoms with E-state index in [0.717, 1.165) is 6.08 Å². The van der Waals surface area contributed by atoms with Gasteiger partial charge < -0.3 is 5.32 Å². The van der Waals surface area contributed by atoms with Crippen LogP contribution in [0.4, 0.5) is 13.2 Å². The predicted octanol–water partition coefficient (Wildman–Crippen LogP) is 2.02. The molecule has 13 heavy (non-hydrogen) atoms. The molecule has 1 heterocycles. The Morgan fingerprint density at radius 3 is 2.23 bits per heavy atom. The van der Waals surface area contributed by atoms with E-state index in [1.807, 2.05) is 13.8 Å². The molecular formula is C8H12F3NO. The van der Waals surface area contributed by atoms with Crippen LogP contribution in [0.5, 0.6) is 0 Å². The van der Waals surface area contributed by atoms with Gasteiger partial charge in [0.25, 0.3) is 5.91 Å². The lowest BCUT2D eigenvalue weighted by molar-refractivity contribution is -0.131. The van der Waals surface area contributed by atoms with Gasteiger partial charge >= 0.3 is 6.18 Å². The number of alkyl halides is 3. The first-order chi connectivity index (χ1) is 6.02. The monoisotopic (exact) mass is 195 g/mol. The fourth-order valence-corrected chi connectivity index (χ4v) is 0.835. The van der Waals surface area contributed by atoms with Gasteiger partial charge in [-0.25, -0.2) is 0 Å². The van der Waals surface area contributed by atoms with Crippen LogP contribution in [0.15, 0.2) is 11.6 Å². The minimum absolute atomic E-state index is 0.251. The van der Waals surface area contributed by atoms with Crippen molar-refractivity contribution in [2.24, 2.45) is 0 Å². The SMILES string of the molecule is CC.O=C1NCCC=C1C(F)(F)F. The Morgan fingerprint density at radius 1 is 1.38 bits per heavy atom. The van der Waals surface area contributed by atoms with Gasteiger partial charge in [-0.2, -0.15) is 13.2 Å². The van der Waals surface area contributed by atoms with Crippen molar-refractivity contribution in [2.75, 3.05) is 6.54 Å². The van der Waals surface area contributed by atoms with Gasteiger partial charge in [-0.3, -0.25) is 4.79 Å². The lowest BCUT2D eigenvalue weighted by Crippen LogP contribution is -2.35. The summed E-state index contributed by atoms with van der Waals surface area (Å²) in [6, 6.07) is 0. The van der Waals surface area contributed by atoms with Crippen molar-refractivity contribution in [3.8, 4) is 0 Å². The number of carbonyl (C=O) groups is 1. The number of carbonyl (C=O) groups excluding carboxylic acids is 1. The van der Waals surface area contributed by atoms with E-state index in [4.69, 9.17) is 0 Å². The van der Waals surface area contributed by atoms with Crippen LogP contribution in [-0.2, 0) is 4.79 Å². The van der Waals surface area contributed by atoms with E-state index in [-0.39, 0.29) is 6.42 Å². The summed E-state index contributed by atoms with van der Waals surface area (Å²) in [4.78, 5) is 10.5. The largest absolute Gasteiger partial charge is 0.421 e. The van der Waals surface area contributed by atoms with Crippen molar-refractivity contribution in [2.45, 2.75) is 26.4 Å². The molecule has 1 aliphatic heterocycles. The second-order valence-corrected chi connectivity index (χ2v) is 2.16. The molecule has 0 unspecified atom stereocenters. The summed E-state index contributed by atoms with van der Waals surface area (Å²) >= 11 is 0. The zero-order valence-electron chi connectivity index (χ0n) is 7.53. The average molecular weight is 195 g/mol. The summed E-state index contributed by atoms with van der Waals surface area (Å²) in [6.45, 7) is 4.29. The van der Waals surface area contributed by atoms with Crippen molar-refractivity contribution >= 4 is 5.91 Å². The average Bonchev–Trinajstić information content (AvgIpc) is 2.07. The Morgan fingerprint density at radius 2 is 1.92 bits per heavy atom. The standard InChI is InChI=1S/C6H6F3NO.C2H6/c7-6(8,9)4-2-1-3-10-5(4)11;1-2/h2H,1,3H2,(H,10,11);1-2H3. The quantitative estimate of drug-likeness (QED) is 0.629. The van der Waals surface area contributed by atoms with Gasteiger partial charge in [0, 0.05) is 6.54 Å². The molecule has 5 heteroatoms. The predicted molar refractivity (Wildman–Crippen MR) is 43.1 cm³/mol.